The van der Waals surface area contributed by atoms with Crippen LogP contribution in [0.15, 0.2) is 36.9 Å². The highest BCUT2D eigenvalue weighted by atomic mass is 14.2. The molecule has 11 heavy (non-hydrogen) atoms. The number of fused-ring (bicyclic) bond motifs is 1. The third kappa shape index (κ3) is 0.988. The fourth-order valence-electron chi connectivity index (χ4n) is 1.83. The minimum atomic E-state index is 0.617. The van der Waals surface area contributed by atoms with Crippen molar-refractivity contribution in [1.82, 2.24) is 0 Å². The normalized spacial score (nSPS) is 21.3. The number of hydrogen-bond donors (Lipinski definition) is 0. The fourth-order valence-corrected chi connectivity index (χ4v) is 1.83. The molecule has 0 amide bonds. The molecule has 0 saturated carbocycles. The van der Waals surface area contributed by atoms with Gasteiger partial charge in [0.15, 0.2) is 0 Å². The summed E-state index contributed by atoms with van der Waals surface area (Å²) in [5, 5.41) is 0. The molecule has 0 bridgehead atoms. The van der Waals surface area contributed by atoms with Crippen molar-refractivity contribution in [2.45, 2.75) is 18.8 Å². The van der Waals surface area contributed by atoms with Gasteiger partial charge in [0.1, 0.15) is 0 Å². The van der Waals surface area contributed by atoms with Crippen LogP contribution >= 0.6 is 0 Å². The number of aryl methyl sites for hydroxylation is 1. The lowest BCUT2D eigenvalue weighted by Gasteiger charge is -2.03. The van der Waals surface area contributed by atoms with Gasteiger partial charge in [0.05, 0.1) is 0 Å². The molecule has 0 unspecified atom stereocenters. The molecule has 1 aliphatic rings. The van der Waals surface area contributed by atoms with Gasteiger partial charge in [-0.2, -0.15) is 0 Å². The standard InChI is InChI=1S/C11H12/c1-2-9-7-8-10-5-3-4-6-11(9)10/h2-6,9H,1,7-8H2/t9-/m1/s1. The number of benzene rings is 1. The van der Waals surface area contributed by atoms with E-state index in [1.165, 1.54) is 24.0 Å². The first-order valence-electron chi connectivity index (χ1n) is 4.12. The lowest BCUT2D eigenvalue weighted by molar-refractivity contribution is 0.816. The average Bonchev–Trinajstić information content (AvgIpc) is 2.47. The minimum Gasteiger partial charge on any atom is -0.102 e. The highest BCUT2D eigenvalue weighted by Crippen LogP contribution is 2.32. The molecule has 1 aliphatic carbocycles. The first-order valence-corrected chi connectivity index (χ1v) is 4.12. The Bertz CT molecular complexity index is 273. The van der Waals surface area contributed by atoms with Crippen molar-refractivity contribution in [2.24, 2.45) is 0 Å². The third-order valence-corrected chi connectivity index (χ3v) is 2.46. The number of allylic oxidation sites excluding steroid dienone is 1. The summed E-state index contributed by atoms with van der Waals surface area (Å²) in [7, 11) is 0. The van der Waals surface area contributed by atoms with Crippen LogP contribution in [-0.4, -0.2) is 0 Å². The van der Waals surface area contributed by atoms with E-state index in [9.17, 15) is 0 Å². The van der Waals surface area contributed by atoms with Gasteiger partial charge in [-0.3, -0.25) is 0 Å². The molecule has 0 heterocycles. The molecule has 1 aromatic rings. The van der Waals surface area contributed by atoms with Gasteiger partial charge in [0.25, 0.3) is 0 Å². The zero-order chi connectivity index (χ0) is 7.68. The zero-order valence-electron chi connectivity index (χ0n) is 6.59. The Morgan fingerprint density at radius 3 is 3.00 bits per heavy atom. The van der Waals surface area contributed by atoms with Crippen LogP contribution in [0.3, 0.4) is 0 Å². The third-order valence-electron chi connectivity index (χ3n) is 2.46. The van der Waals surface area contributed by atoms with Crippen LogP contribution in [0.5, 0.6) is 0 Å². The molecule has 2 rings (SSSR count). The number of hydrogen-bond acceptors (Lipinski definition) is 0. The first-order chi connectivity index (χ1) is 5.42. The quantitative estimate of drug-likeness (QED) is 0.532. The average molecular weight is 144 g/mol. The Morgan fingerprint density at radius 2 is 2.18 bits per heavy atom. The molecular weight excluding hydrogens is 132 g/mol. The second-order valence-corrected chi connectivity index (χ2v) is 3.08. The molecule has 0 fully saturated rings. The van der Waals surface area contributed by atoms with Gasteiger partial charge >= 0.3 is 0 Å². The summed E-state index contributed by atoms with van der Waals surface area (Å²) in [4.78, 5) is 0. The SMILES string of the molecule is C=C[C@@H]1CCc2ccccc21. The zero-order valence-corrected chi connectivity index (χ0v) is 6.59. The van der Waals surface area contributed by atoms with Crippen molar-refractivity contribution >= 4 is 0 Å². The summed E-state index contributed by atoms with van der Waals surface area (Å²) in [5.41, 5.74) is 3.00. The Balaban J connectivity index is 2.46. The molecule has 0 saturated heterocycles. The van der Waals surface area contributed by atoms with Crippen LogP contribution in [0.2, 0.25) is 0 Å². The van der Waals surface area contributed by atoms with E-state index in [0.29, 0.717) is 5.92 Å². The summed E-state index contributed by atoms with van der Waals surface area (Å²) in [6, 6.07) is 8.67. The van der Waals surface area contributed by atoms with Crippen LogP contribution in [0.1, 0.15) is 23.5 Å². The summed E-state index contributed by atoms with van der Waals surface area (Å²) in [5.74, 6) is 0.617. The van der Waals surface area contributed by atoms with E-state index in [2.05, 4.69) is 36.9 Å². The van der Waals surface area contributed by atoms with Gasteiger partial charge in [-0.25, -0.2) is 0 Å². The largest absolute Gasteiger partial charge is 0.102 e. The Morgan fingerprint density at radius 1 is 1.36 bits per heavy atom. The lowest BCUT2D eigenvalue weighted by atomic mass is 10.0. The highest BCUT2D eigenvalue weighted by Gasteiger charge is 2.17. The van der Waals surface area contributed by atoms with E-state index in [0.717, 1.165) is 0 Å². The summed E-state index contributed by atoms with van der Waals surface area (Å²) in [6.45, 7) is 3.84. The molecule has 0 N–H and O–H groups in total. The second kappa shape index (κ2) is 2.54. The predicted octanol–water partition coefficient (Wildman–Crippen LogP) is 2.90. The second-order valence-electron chi connectivity index (χ2n) is 3.08. The van der Waals surface area contributed by atoms with E-state index in [1.807, 2.05) is 0 Å². The van der Waals surface area contributed by atoms with E-state index in [1.54, 1.807) is 0 Å². The van der Waals surface area contributed by atoms with Crippen LogP contribution in [0.25, 0.3) is 0 Å². The molecular formula is C11H12. The van der Waals surface area contributed by atoms with Gasteiger partial charge in [0, 0.05) is 5.92 Å². The molecule has 0 nitrogen and oxygen atoms in total. The molecule has 0 spiro atoms. The number of rotatable bonds is 1. The minimum absolute atomic E-state index is 0.617. The Kier molecular flexibility index (Phi) is 1.54. The van der Waals surface area contributed by atoms with E-state index in [-0.39, 0.29) is 0 Å². The molecule has 0 aliphatic heterocycles. The van der Waals surface area contributed by atoms with Gasteiger partial charge in [-0.15, -0.1) is 6.58 Å². The van der Waals surface area contributed by atoms with Crippen LogP contribution in [0, 0.1) is 0 Å². The van der Waals surface area contributed by atoms with Crippen molar-refractivity contribution < 1.29 is 0 Å². The van der Waals surface area contributed by atoms with Gasteiger partial charge < -0.3 is 0 Å². The fraction of sp³-hybridized carbons (Fsp3) is 0.273. The van der Waals surface area contributed by atoms with Crippen molar-refractivity contribution in [2.75, 3.05) is 0 Å². The van der Waals surface area contributed by atoms with E-state index in [4.69, 9.17) is 0 Å². The topological polar surface area (TPSA) is 0 Å². The van der Waals surface area contributed by atoms with Crippen LogP contribution in [0.4, 0.5) is 0 Å². The smallest absolute Gasteiger partial charge is 0.00211 e. The molecule has 0 radical (unpaired) electrons. The van der Waals surface area contributed by atoms with Crippen LogP contribution < -0.4 is 0 Å². The van der Waals surface area contributed by atoms with Gasteiger partial charge in [0.2, 0.25) is 0 Å². The van der Waals surface area contributed by atoms with Crippen molar-refractivity contribution in [3.63, 3.8) is 0 Å². The molecule has 1 aromatic carbocycles. The molecule has 0 heteroatoms. The van der Waals surface area contributed by atoms with E-state index >= 15 is 0 Å². The maximum atomic E-state index is 3.84. The Labute approximate surface area is 67.6 Å². The molecule has 1 atom stereocenters. The predicted molar refractivity (Wildman–Crippen MR) is 47.7 cm³/mol. The maximum Gasteiger partial charge on any atom is 0.00211 e. The van der Waals surface area contributed by atoms with Crippen molar-refractivity contribution in [3.8, 4) is 0 Å². The van der Waals surface area contributed by atoms with Gasteiger partial charge in [-0.1, -0.05) is 30.3 Å². The molecule has 0 aromatic heterocycles. The summed E-state index contributed by atoms with van der Waals surface area (Å²) >= 11 is 0. The Hall–Kier alpha value is -1.04. The highest BCUT2D eigenvalue weighted by molar-refractivity contribution is 5.36. The summed E-state index contributed by atoms with van der Waals surface area (Å²) < 4.78 is 0. The van der Waals surface area contributed by atoms with Crippen LogP contribution in [-0.2, 0) is 6.42 Å². The van der Waals surface area contributed by atoms with Crippen molar-refractivity contribution in [1.29, 1.82) is 0 Å². The van der Waals surface area contributed by atoms with Crippen molar-refractivity contribution in [3.05, 3.63) is 48.0 Å². The monoisotopic (exact) mass is 144 g/mol. The first kappa shape index (κ1) is 6.66. The maximum absolute atomic E-state index is 3.84. The van der Waals surface area contributed by atoms with Gasteiger partial charge in [-0.05, 0) is 24.0 Å². The van der Waals surface area contributed by atoms with E-state index < -0.39 is 0 Å². The molecule has 56 valence electrons. The lowest BCUT2D eigenvalue weighted by Crippen LogP contribution is -1.85. The summed E-state index contributed by atoms with van der Waals surface area (Å²) in [6.07, 6.45) is 4.54.